The van der Waals surface area contributed by atoms with Gasteiger partial charge in [-0.05, 0) is 122 Å². The van der Waals surface area contributed by atoms with Crippen molar-refractivity contribution in [3.05, 3.63) is 97.2 Å². The van der Waals surface area contributed by atoms with E-state index in [9.17, 15) is 14.4 Å². The van der Waals surface area contributed by atoms with E-state index in [1.165, 1.54) is 193 Å². The third kappa shape index (κ3) is 65.0. The molecule has 79 heavy (non-hydrogen) atoms. The molecule has 6 nitrogen and oxygen atoms in total. The third-order valence-electron chi connectivity index (χ3n) is 14.5. The molecule has 0 aliphatic heterocycles. The van der Waals surface area contributed by atoms with E-state index in [-0.39, 0.29) is 37.5 Å². The van der Waals surface area contributed by atoms with Gasteiger partial charge in [0.05, 0.1) is 0 Å². The Labute approximate surface area is 489 Å². The number of carbonyl (C=O) groups excluding carboxylic acids is 3. The lowest BCUT2D eigenvalue weighted by Gasteiger charge is -2.18. The van der Waals surface area contributed by atoms with E-state index in [4.69, 9.17) is 14.2 Å². The zero-order valence-corrected chi connectivity index (χ0v) is 52.1. The van der Waals surface area contributed by atoms with E-state index in [1.807, 2.05) is 0 Å². The molecule has 0 rings (SSSR count). The zero-order chi connectivity index (χ0) is 57.1. The van der Waals surface area contributed by atoms with Crippen molar-refractivity contribution in [3.63, 3.8) is 0 Å². The first kappa shape index (κ1) is 75.3. The number of ether oxygens (including phenoxy) is 3. The minimum Gasteiger partial charge on any atom is -0.462 e. The fourth-order valence-corrected chi connectivity index (χ4v) is 9.50. The molecule has 0 fully saturated rings. The van der Waals surface area contributed by atoms with Crippen LogP contribution in [0, 0.1) is 0 Å². The molecule has 0 aromatic heterocycles. The van der Waals surface area contributed by atoms with Crippen molar-refractivity contribution in [3.8, 4) is 0 Å². The van der Waals surface area contributed by atoms with Crippen LogP contribution in [-0.2, 0) is 28.6 Å². The number of allylic oxidation sites excluding steroid dienone is 16. The lowest BCUT2D eigenvalue weighted by atomic mass is 10.0. The van der Waals surface area contributed by atoms with E-state index in [0.29, 0.717) is 19.3 Å². The first-order valence-corrected chi connectivity index (χ1v) is 33.7. The Balaban J connectivity index is 4.43. The molecule has 0 aliphatic carbocycles. The smallest absolute Gasteiger partial charge is 0.306 e. The van der Waals surface area contributed by atoms with Crippen LogP contribution < -0.4 is 0 Å². The number of rotatable bonds is 61. The Kier molecular flexibility index (Phi) is 63.7. The molecule has 0 bridgehead atoms. The fourth-order valence-electron chi connectivity index (χ4n) is 9.50. The summed E-state index contributed by atoms with van der Waals surface area (Å²) in [5.74, 6) is -0.932. The molecule has 6 heteroatoms. The highest BCUT2D eigenvalue weighted by Crippen LogP contribution is 2.16. The van der Waals surface area contributed by atoms with Gasteiger partial charge in [-0.2, -0.15) is 0 Å². The summed E-state index contributed by atoms with van der Waals surface area (Å²) in [5.41, 5.74) is 0. The monoisotopic (exact) mass is 1100 g/mol. The molecule has 0 spiro atoms. The summed E-state index contributed by atoms with van der Waals surface area (Å²) < 4.78 is 16.9. The summed E-state index contributed by atoms with van der Waals surface area (Å²) in [6.45, 7) is 6.52. The molecule has 0 radical (unpaired) electrons. The molecule has 454 valence electrons. The number of esters is 3. The Morgan fingerprint density at radius 3 is 0.810 bits per heavy atom. The van der Waals surface area contributed by atoms with E-state index in [2.05, 4.69) is 118 Å². The Hall–Kier alpha value is -3.67. The Morgan fingerprint density at radius 2 is 0.494 bits per heavy atom. The van der Waals surface area contributed by atoms with Gasteiger partial charge in [0.2, 0.25) is 0 Å². The van der Waals surface area contributed by atoms with Crippen LogP contribution in [0.3, 0.4) is 0 Å². The maximum atomic E-state index is 12.9. The predicted octanol–water partition coefficient (Wildman–Crippen LogP) is 23.2. The minimum absolute atomic E-state index is 0.0959. The van der Waals surface area contributed by atoms with Crippen molar-refractivity contribution in [1.29, 1.82) is 0 Å². The summed E-state index contributed by atoms with van der Waals surface area (Å²) in [7, 11) is 0. The summed E-state index contributed by atoms with van der Waals surface area (Å²) in [6, 6.07) is 0. The second-order valence-corrected chi connectivity index (χ2v) is 22.3. The van der Waals surface area contributed by atoms with Gasteiger partial charge < -0.3 is 14.2 Å². The molecule has 0 heterocycles. The number of unbranched alkanes of at least 4 members (excludes halogenated alkanes) is 34. The molecule has 0 N–H and O–H groups in total. The van der Waals surface area contributed by atoms with Crippen molar-refractivity contribution in [2.45, 2.75) is 335 Å². The van der Waals surface area contributed by atoms with Gasteiger partial charge in [0.25, 0.3) is 0 Å². The third-order valence-corrected chi connectivity index (χ3v) is 14.5. The maximum absolute atomic E-state index is 12.9. The Bertz CT molecular complexity index is 1540. The highest BCUT2D eigenvalue weighted by atomic mass is 16.6. The van der Waals surface area contributed by atoms with Crippen molar-refractivity contribution in [2.24, 2.45) is 0 Å². The maximum Gasteiger partial charge on any atom is 0.306 e. The summed E-state index contributed by atoms with van der Waals surface area (Å²) in [4.78, 5) is 38.4. The van der Waals surface area contributed by atoms with Crippen molar-refractivity contribution >= 4 is 17.9 Å². The molecule has 0 aromatic carbocycles. The molecule has 0 aliphatic rings. The van der Waals surface area contributed by atoms with Crippen LogP contribution in [0.4, 0.5) is 0 Å². The molecular weight excluding hydrogens is 973 g/mol. The van der Waals surface area contributed by atoms with Crippen LogP contribution >= 0.6 is 0 Å². The predicted molar refractivity (Wildman–Crippen MR) is 344 cm³/mol. The molecule has 0 saturated heterocycles. The second-order valence-electron chi connectivity index (χ2n) is 22.3. The first-order chi connectivity index (χ1) is 39.0. The molecule has 0 aromatic rings. The van der Waals surface area contributed by atoms with E-state index >= 15 is 0 Å². The molecule has 0 saturated carbocycles. The largest absolute Gasteiger partial charge is 0.462 e. The van der Waals surface area contributed by atoms with E-state index in [0.717, 1.165) is 89.9 Å². The van der Waals surface area contributed by atoms with Crippen molar-refractivity contribution in [2.75, 3.05) is 13.2 Å². The minimum atomic E-state index is -0.805. The number of carbonyl (C=O) groups is 3. The average molecular weight is 1100 g/mol. The van der Waals surface area contributed by atoms with E-state index in [1.54, 1.807) is 0 Å². The molecule has 0 amide bonds. The SMILES string of the molecule is CC/C=C\C/C=C\C/C=C\C/C=C\C/C=C\C/C=C\CCCCC(=O)OC(COC(=O)CCCCCCCCC/C=C\CCCCCCCC)COC(=O)CCCCCCCCCCCCC/C=C\CCCCCCCCCC. The van der Waals surface area contributed by atoms with E-state index < -0.39 is 6.10 Å². The van der Waals surface area contributed by atoms with Gasteiger partial charge in [-0.15, -0.1) is 0 Å². The lowest BCUT2D eigenvalue weighted by Crippen LogP contribution is -2.30. The molecule has 1 unspecified atom stereocenters. The Morgan fingerprint density at radius 1 is 0.266 bits per heavy atom. The lowest BCUT2D eigenvalue weighted by molar-refractivity contribution is -0.167. The van der Waals surface area contributed by atoms with Crippen molar-refractivity contribution in [1.82, 2.24) is 0 Å². The van der Waals surface area contributed by atoms with Gasteiger partial charge in [0.1, 0.15) is 13.2 Å². The van der Waals surface area contributed by atoms with Crippen LogP contribution in [0.5, 0.6) is 0 Å². The van der Waals surface area contributed by atoms with Crippen LogP contribution in [0.2, 0.25) is 0 Å². The molecular formula is C73H126O6. The first-order valence-electron chi connectivity index (χ1n) is 33.7. The van der Waals surface area contributed by atoms with Crippen molar-refractivity contribution < 1.29 is 28.6 Å². The van der Waals surface area contributed by atoms with Gasteiger partial charge in [0.15, 0.2) is 6.10 Å². The van der Waals surface area contributed by atoms with Gasteiger partial charge in [-0.25, -0.2) is 0 Å². The number of hydrogen-bond acceptors (Lipinski definition) is 6. The van der Waals surface area contributed by atoms with Gasteiger partial charge >= 0.3 is 17.9 Å². The summed E-state index contributed by atoms with van der Waals surface area (Å²) in [6.07, 6.45) is 89.9. The van der Waals surface area contributed by atoms with Crippen LogP contribution in [0.25, 0.3) is 0 Å². The normalized spacial score (nSPS) is 12.7. The van der Waals surface area contributed by atoms with Gasteiger partial charge in [0, 0.05) is 19.3 Å². The highest BCUT2D eigenvalue weighted by Gasteiger charge is 2.19. The average Bonchev–Trinajstić information content (AvgIpc) is 3.45. The zero-order valence-electron chi connectivity index (χ0n) is 52.1. The fraction of sp³-hybridized carbons (Fsp3) is 0.740. The number of hydrogen-bond donors (Lipinski definition) is 0. The highest BCUT2D eigenvalue weighted by molar-refractivity contribution is 5.71. The standard InChI is InChI=1S/C73H126O6/c1-4-7-10-13-16-19-22-25-28-31-33-35-36-38-39-42-45-48-51-54-57-60-63-66-72(75)78-69-70(68-77-71(74)65-62-59-56-53-50-47-44-41-30-27-24-21-18-15-12-9-6-3)79-73(76)67-64-61-58-55-52-49-46-43-40-37-34-32-29-26-23-20-17-14-11-8-5-2/h8,11,17,20,26-27,29-31,33-34,37,43,46,52,55,70H,4-7,9-10,12-16,18-19,21-25,28,32,35-36,38-42,44-45,47-51,53-54,56-69H2,1-3H3/b11-8-,20-17-,29-26-,30-27-,33-31-,37-34-,46-43-,55-52-. The van der Waals surface area contributed by atoms with Crippen LogP contribution in [-0.4, -0.2) is 37.2 Å². The van der Waals surface area contributed by atoms with Crippen LogP contribution in [0.1, 0.15) is 329 Å². The second kappa shape index (κ2) is 66.8. The summed E-state index contributed by atoms with van der Waals surface area (Å²) >= 11 is 0. The summed E-state index contributed by atoms with van der Waals surface area (Å²) in [5, 5.41) is 0. The molecule has 1 atom stereocenters. The van der Waals surface area contributed by atoms with Gasteiger partial charge in [-0.3, -0.25) is 14.4 Å². The van der Waals surface area contributed by atoms with Crippen LogP contribution in [0.15, 0.2) is 97.2 Å². The topological polar surface area (TPSA) is 78.9 Å². The van der Waals surface area contributed by atoms with Gasteiger partial charge in [-0.1, -0.05) is 285 Å². The quantitative estimate of drug-likeness (QED) is 0.0261.